The molecule has 0 bridgehead atoms. The van der Waals surface area contributed by atoms with Crippen molar-refractivity contribution < 1.29 is 4.39 Å². The zero-order valence-electron chi connectivity index (χ0n) is 10.2. The number of anilines is 1. The number of halogens is 2. The van der Waals surface area contributed by atoms with Crippen molar-refractivity contribution in [3.8, 4) is 0 Å². The molecular formula is C13H15ClFN3. The normalized spacial score (nSPS) is 10.6. The van der Waals surface area contributed by atoms with E-state index in [-0.39, 0.29) is 5.82 Å². The molecule has 5 heteroatoms. The Labute approximate surface area is 111 Å². The first kappa shape index (κ1) is 12.9. The van der Waals surface area contributed by atoms with Gasteiger partial charge >= 0.3 is 0 Å². The number of aryl methyl sites for hydroxylation is 1. The predicted molar refractivity (Wildman–Crippen MR) is 71.3 cm³/mol. The van der Waals surface area contributed by atoms with Crippen molar-refractivity contribution in [3.05, 3.63) is 47.0 Å². The SMILES string of the molecule is CCCn1cc(CNc2cc(F)ccc2Cl)cn1. The van der Waals surface area contributed by atoms with Crippen LogP contribution in [0.2, 0.25) is 5.02 Å². The van der Waals surface area contributed by atoms with Gasteiger partial charge in [-0.05, 0) is 24.6 Å². The zero-order chi connectivity index (χ0) is 13.0. The minimum Gasteiger partial charge on any atom is -0.380 e. The molecule has 1 aromatic carbocycles. The Bertz CT molecular complexity index is 525. The number of aromatic nitrogens is 2. The quantitative estimate of drug-likeness (QED) is 0.895. The molecule has 0 aliphatic carbocycles. The second kappa shape index (κ2) is 5.87. The summed E-state index contributed by atoms with van der Waals surface area (Å²) in [7, 11) is 0. The van der Waals surface area contributed by atoms with Gasteiger partial charge in [0, 0.05) is 24.8 Å². The van der Waals surface area contributed by atoms with Crippen molar-refractivity contribution >= 4 is 17.3 Å². The van der Waals surface area contributed by atoms with Crippen molar-refractivity contribution in [1.29, 1.82) is 0 Å². The third-order valence-corrected chi connectivity index (χ3v) is 2.88. The van der Waals surface area contributed by atoms with Crippen LogP contribution in [-0.2, 0) is 13.1 Å². The van der Waals surface area contributed by atoms with Gasteiger partial charge in [0.1, 0.15) is 5.82 Å². The molecule has 96 valence electrons. The maximum absolute atomic E-state index is 13.1. The van der Waals surface area contributed by atoms with E-state index in [9.17, 15) is 4.39 Å². The molecule has 0 atom stereocenters. The molecule has 2 aromatic rings. The van der Waals surface area contributed by atoms with Gasteiger partial charge in [0.15, 0.2) is 0 Å². The molecule has 2 rings (SSSR count). The molecule has 0 fully saturated rings. The topological polar surface area (TPSA) is 29.9 Å². The lowest BCUT2D eigenvalue weighted by Gasteiger charge is -2.06. The van der Waals surface area contributed by atoms with Gasteiger partial charge in [0.25, 0.3) is 0 Å². The van der Waals surface area contributed by atoms with Gasteiger partial charge in [-0.25, -0.2) is 4.39 Å². The van der Waals surface area contributed by atoms with E-state index in [1.54, 1.807) is 12.3 Å². The maximum atomic E-state index is 13.1. The number of rotatable bonds is 5. The molecule has 18 heavy (non-hydrogen) atoms. The van der Waals surface area contributed by atoms with Gasteiger partial charge in [0.05, 0.1) is 16.9 Å². The number of benzene rings is 1. The van der Waals surface area contributed by atoms with Crippen LogP contribution in [0, 0.1) is 5.82 Å². The van der Waals surface area contributed by atoms with Crippen LogP contribution in [0.1, 0.15) is 18.9 Å². The van der Waals surface area contributed by atoms with E-state index in [0.29, 0.717) is 17.3 Å². The summed E-state index contributed by atoms with van der Waals surface area (Å²) in [4.78, 5) is 0. The van der Waals surface area contributed by atoms with Crippen LogP contribution in [0.5, 0.6) is 0 Å². The van der Waals surface area contributed by atoms with E-state index < -0.39 is 0 Å². The van der Waals surface area contributed by atoms with Crippen LogP contribution in [0.25, 0.3) is 0 Å². The van der Waals surface area contributed by atoms with E-state index >= 15 is 0 Å². The second-order valence-corrected chi connectivity index (χ2v) is 4.50. The summed E-state index contributed by atoms with van der Waals surface area (Å²) < 4.78 is 15.0. The van der Waals surface area contributed by atoms with Crippen LogP contribution in [0.15, 0.2) is 30.6 Å². The number of hydrogen-bond donors (Lipinski definition) is 1. The first-order chi connectivity index (χ1) is 8.69. The van der Waals surface area contributed by atoms with E-state index in [4.69, 9.17) is 11.6 Å². The molecule has 0 saturated carbocycles. The molecule has 1 aromatic heterocycles. The monoisotopic (exact) mass is 267 g/mol. The first-order valence-electron chi connectivity index (χ1n) is 5.89. The van der Waals surface area contributed by atoms with Crippen LogP contribution in [-0.4, -0.2) is 9.78 Å². The van der Waals surface area contributed by atoms with Gasteiger partial charge in [-0.1, -0.05) is 18.5 Å². The van der Waals surface area contributed by atoms with Crippen molar-refractivity contribution in [2.45, 2.75) is 26.4 Å². The summed E-state index contributed by atoms with van der Waals surface area (Å²) in [5.41, 5.74) is 1.64. The van der Waals surface area contributed by atoms with Crippen LogP contribution < -0.4 is 5.32 Å². The fourth-order valence-electron chi connectivity index (χ4n) is 1.68. The molecule has 0 saturated heterocycles. The Morgan fingerprint density at radius 3 is 3.06 bits per heavy atom. The molecule has 0 unspecified atom stereocenters. The summed E-state index contributed by atoms with van der Waals surface area (Å²) in [5, 5.41) is 7.84. The highest BCUT2D eigenvalue weighted by molar-refractivity contribution is 6.33. The lowest BCUT2D eigenvalue weighted by atomic mass is 10.3. The lowest BCUT2D eigenvalue weighted by Crippen LogP contribution is -2.00. The Hall–Kier alpha value is -1.55. The fraction of sp³-hybridized carbons (Fsp3) is 0.308. The van der Waals surface area contributed by atoms with Crippen molar-refractivity contribution in [1.82, 2.24) is 9.78 Å². The molecule has 0 aliphatic rings. The van der Waals surface area contributed by atoms with Gasteiger partial charge in [-0.3, -0.25) is 4.68 Å². The van der Waals surface area contributed by atoms with Crippen LogP contribution in [0.4, 0.5) is 10.1 Å². The molecule has 1 N–H and O–H groups in total. The summed E-state index contributed by atoms with van der Waals surface area (Å²) in [5.74, 6) is -0.302. The minimum atomic E-state index is -0.302. The predicted octanol–water partition coefficient (Wildman–Crippen LogP) is 3.70. The summed E-state index contributed by atoms with van der Waals surface area (Å²) in [6.07, 6.45) is 4.82. The zero-order valence-corrected chi connectivity index (χ0v) is 10.9. The minimum absolute atomic E-state index is 0.302. The highest BCUT2D eigenvalue weighted by atomic mass is 35.5. The first-order valence-corrected chi connectivity index (χ1v) is 6.27. The van der Waals surface area contributed by atoms with Crippen LogP contribution in [0.3, 0.4) is 0 Å². The molecular weight excluding hydrogens is 253 g/mol. The average Bonchev–Trinajstić information content (AvgIpc) is 2.79. The average molecular weight is 268 g/mol. The molecule has 3 nitrogen and oxygen atoms in total. The third kappa shape index (κ3) is 3.23. The second-order valence-electron chi connectivity index (χ2n) is 4.09. The van der Waals surface area contributed by atoms with E-state index in [2.05, 4.69) is 17.3 Å². The number of hydrogen-bond acceptors (Lipinski definition) is 2. The molecule has 0 spiro atoms. The fourth-order valence-corrected chi connectivity index (χ4v) is 1.86. The van der Waals surface area contributed by atoms with Crippen molar-refractivity contribution in [2.75, 3.05) is 5.32 Å². The van der Waals surface area contributed by atoms with Gasteiger partial charge in [0.2, 0.25) is 0 Å². The van der Waals surface area contributed by atoms with Gasteiger partial charge in [-0.15, -0.1) is 0 Å². The summed E-state index contributed by atoms with van der Waals surface area (Å²) in [6.45, 7) is 3.58. The largest absolute Gasteiger partial charge is 0.380 e. The smallest absolute Gasteiger partial charge is 0.125 e. The third-order valence-electron chi connectivity index (χ3n) is 2.55. The molecule has 0 aliphatic heterocycles. The molecule has 0 amide bonds. The lowest BCUT2D eigenvalue weighted by molar-refractivity contribution is 0.602. The van der Waals surface area contributed by atoms with E-state index in [0.717, 1.165) is 18.5 Å². The molecule has 0 radical (unpaired) electrons. The molecule has 1 heterocycles. The highest BCUT2D eigenvalue weighted by Crippen LogP contribution is 2.22. The van der Waals surface area contributed by atoms with E-state index in [1.807, 2.05) is 10.9 Å². The van der Waals surface area contributed by atoms with E-state index in [1.165, 1.54) is 12.1 Å². The Balaban J connectivity index is 1.99. The Morgan fingerprint density at radius 1 is 1.44 bits per heavy atom. The van der Waals surface area contributed by atoms with Crippen molar-refractivity contribution in [3.63, 3.8) is 0 Å². The summed E-state index contributed by atoms with van der Waals surface area (Å²) in [6, 6.07) is 4.27. The highest BCUT2D eigenvalue weighted by Gasteiger charge is 2.03. The Kier molecular flexibility index (Phi) is 4.20. The van der Waals surface area contributed by atoms with Crippen molar-refractivity contribution in [2.24, 2.45) is 0 Å². The standard InChI is InChI=1S/C13H15ClFN3/c1-2-5-18-9-10(8-17-18)7-16-13-6-11(15)3-4-12(13)14/h3-4,6,8-9,16H,2,5,7H2,1H3. The number of nitrogens with one attached hydrogen (secondary N) is 1. The summed E-state index contributed by atoms with van der Waals surface area (Å²) >= 11 is 5.97. The van der Waals surface area contributed by atoms with Gasteiger partial charge in [-0.2, -0.15) is 5.10 Å². The van der Waals surface area contributed by atoms with Crippen LogP contribution >= 0.6 is 11.6 Å². The number of nitrogens with zero attached hydrogens (tertiary/aromatic N) is 2. The van der Waals surface area contributed by atoms with Gasteiger partial charge < -0.3 is 5.32 Å². The Morgan fingerprint density at radius 2 is 2.28 bits per heavy atom. The maximum Gasteiger partial charge on any atom is 0.125 e.